The minimum Gasteiger partial charge on any atom is -0.381 e. The Hall–Kier alpha value is -1.46. The summed E-state index contributed by atoms with van der Waals surface area (Å²) in [6, 6.07) is 5.12. The van der Waals surface area contributed by atoms with Gasteiger partial charge in [0.05, 0.1) is 18.9 Å². The zero-order valence-electron chi connectivity index (χ0n) is 15.1. The average Bonchev–Trinajstić information content (AvgIpc) is 2.54. The summed E-state index contributed by atoms with van der Waals surface area (Å²) in [5.41, 5.74) is 1.62. The molecule has 134 valence electrons. The second kappa shape index (κ2) is 9.14. The maximum Gasteiger partial charge on any atom is 0.146 e. The molecule has 0 bridgehead atoms. The highest BCUT2D eigenvalue weighted by Crippen LogP contribution is 2.20. The summed E-state index contributed by atoms with van der Waals surface area (Å²) in [5, 5.41) is 3.24. The number of rotatable bonds is 7. The van der Waals surface area contributed by atoms with Crippen LogP contribution in [0.25, 0.3) is 0 Å². The number of para-hydroxylation sites is 1. The molecule has 1 heterocycles. The minimum absolute atomic E-state index is 0.225. The van der Waals surface area contributed by atoms with Gasteiger partial charge in [-0.1, -0.05) is 32.9 Å². The minimum atomic E-state index is -0.225. The summed E-state index contributed by atoms with van der Waals surface area (Å²) >= 11 is 0. The Kier molecular flexibility index (Phi) is 7.18. The van der Waals surface area contributed by atoms with Gasteiger partial charge in [0.25, 0.3) is 0 Å². The van der Waals surface area contributed by atoms with Crippen LogP contribution in [-0.2, 0) is 4.74 Å². The van der Waals surface area contributed by atoms with Gasteiger partial charge >= 0.3 is 0 Å². The highest BCUT2D eigenvalue weighted by Gasteiger charge is 2.11. The third kappa shape index (κ3) is 6.57. The van der Waals surface area contributed by atoms with E-state index >= 15 is 0 Å². The van der Waals surface area contributed by atoms with Gasteiger partial charge in [-0.15, -0.1) is 0 Å². The Morgan fingerprint density at radius 2 is 2.04 bits per heavy atom. The summed E-state index contributed by atoms with van der Waals surface area (Å²) in [7, 11) is 0. The molecule has 0 unspecified atom stereocenters. The number of hydrogen-bond donors (Lipinski definition) is 1. The van der Waals surface area contributed by atoms with E-state index in [9.17, 15) is 4.39 Å². The molecule has 1 aromatic rings. The highest BCUT2D eigenvalue weighted by molar-refractivity contribution is 5.87. The molecule has 1 saturated heterocycles. The van der Waals surface area contributed by atoms with Crippen LogP contribution in [0.15, 0.2) is 23.2 Å². The van der Waals surface area contributed by atoms with Crippen LogP contribution in [0.1, 0.15) is 32.8 Å². The van der Waals surface area contributed by atoms with Crippen LogP contribution in [0.3, 0.4) is 0 Å². The van der Waals surface area contributed by atoms with Crippen molar-refractivity contribution in [3.05, 3.63) is 29.6 Å². The van der Waals surface area contributed by atoms with E-state index in [0.717, 1.165) is 51.4 Å². The number of nitrogens with one attached hydrogen (secondary N) is 1. The number of nitrogens with zero attached hydrogens (tertiary/aromatic N) is 2. The molecule has 1 fully saturated rings. The molecule has 1 aromatic carbocycles. The van der Waals surface area contributed by atoms with E-state index in [-0.39, 0.29) is 11.2 Å². The maximum atomic E-state index is 14.2. The number of benzene rings is 1. The molecule has 0 atom stereocenters. The van der Waals surface area contributed by atoms with Gasteiger partial charge in [-0.3, -0.25) is 9.89 Å². The fraction of sp³-hybridized carbons (Fsp3) is 0.632. The van der Waals surface area contributed by atoms with Crippen molar-refractivity contribution < 1.29 is 9.13 Å². The van der Waals surface area contributed by atoms with Crippen molar-refractivity contribution in [2.75, 3.05) is 51.3 Å². The van der Waals surface area contributed by atoms with Crippen LogP contribution in [0.5, 0.6) is 0 Å². The molecule has 0 aromatic heterocycles. The van der Waals surface area contributed by atoms with E-state index in [2.05, 4.69) is 36.0 Å². The third-order valence-corrected chi connectivity index (χ3v) is 4.10. The van der Waals surface area contributed by atoms with Crippen LogP contribution >= 0.6 is 0 Å². The molecule has 1 aliphatic rings. The number of ether oxygens (including phenoxy) is 1. The van der Waals surface area contributed by atoms with Crippen molar-refractivity contribution in [2.45, 2.75) is 27.2 Å². The number of hydrogen-bond acceptors (Lipinski definition) is 4. The van der Waals surface area contributed by atoms with Crippen molar-refractivity contribution in [3.63, 3.8) is 0 Å². The molecule has 5 heteroatoms. The van der Waals surface area contributed by atoms with Gasteiger partial charge in [-0.05, 0) is 17.9 Å². The van der Waals surface area contributed by atoms with Gasteiger partial charge < -0.3 is 10.1 Å². The Labute approximate surface area is 145 Å². The van der Waals surface area contributed by atoms with Crippen molar-refractivity contribution in [3.8, 4) is 0 Å². The first kappa shape index (κ1) is 18.9. The first-order valence-electron chi connectivity index (χ1n) is 8.78. The van der Waals surface area contributed by atoms with Gasteiger partial charge in [-0.2, -0.15) is 0 Å². The number of anilines is 1. The van der Waals surface area contributed by atoms with E-state index in [1.165, 1.54) is 6.07 Å². The second-order valence-corrected chi connectivity index (χ2v) is 7.43. The highest BCUT2D eigenvalue weighted by atomic mass is 19.1. The lowest BCUT2D eigenvalue weighted by Crippen LogP contribution is -2.39. The van der Waals surface area contributed by atoms with Crippen molar-refractivity contribution in [1.82, 2.24) is 4.90 Å². The lowest BCUT2D eigenvalue weighted by atomic mass is 9.92. The van der Waals surface area contributed by atoms with Gasteiger partial charge in [0.2, 0.25) is 0 Å². The summed E-state index contributed by atoms with van der Waals surface area (Å²) in [5.74, 6) is -0.225. The quantitative estimate of drug-likeness (QED) is 0.776. The molecular formula is C19H30FN3O. The number of aliphatic imine (C=N–C) groups is 1. The van der Waals surface area contributed by atoms with E-state index in [1.54, 1.807) is 12.3 Å². The van der Waals surface area contributed by atoms with Gasteiger partial charge in [0.15, 0.2) is 0 Å². The lowest BCUT2D eigenvalue weighted by molar-refractivity contribution is 0.0398. The summed E-state index contributed by atoms with van der Waals surface area (Å²) in [6.45, 7) is 12.4. The molecule has 0 saturated carbocycles. The first-order chi connectivity index (χ1) is 11.5. The monoisotopic (exact) mass is 335 g/mol. The van der Waals surface area contributed by atoms with Crippen LogP contribution in [-0.4, -0.2) is 57.1 Å². The van der Waals surface area contributed by atoms with Crippen LogP contribution in [0.2, 0.25) is 0 Å². The second-order valence-electron chi connectivity index (χ2n) is 7.43. The first-order valence-corrected chi connectivity index (χ1v) is 8.78. The van der Waals surface area contributed by atoms with Crippen LogP contribution in [0.4, 0.5) is 10.1 Å². The van der Waals surface area contributed by atoms with Crippen LogP contribution < -0.4 is 5.32 Å². The zero-order valence-corrected chi connectivity index (χ0v) is 15.1. The fourth-order valence-electron chi connectivity index (χ4n) is 2.56. The Morgan fingerprint density at radius 1 is 1.29 bits per heavy atom. The Bertz CT molecular complexity index is 534. The van der Waals surface area contributed by atoms with Crippen LogP contribution in [0, 0.1) is 11.2 Å². The number of halogens is 1. The smallest absolute Gasteiger partial charge is 0.146 e. The normalized spacial score (nSPS) is 16.7. The average molecular weight is 335 g/mol. The zero-order chi connectivity index (χ0) is 17.4. The molecule has 0 amide bonds. The predicted octanol–water partition coefficient (Wildman–Crippen LogP) is 3.42. The molecule has 0 aliphatic carbocycles. The largest absolute Gasteiger partial charge is 0.381 e. The van der Waals surface area contributed by atoms with Crippen molar-refractivity contribution in [1.29, 1.82) is 0 Å². The third-order valence-electron chi connectivity index (χ3n) is 4.10. The van der Waals surface area contributed by atoms with Gasteiger partial charge in [0.1, 0.15) is 5.82 Å². The molecule has 2 rings (SSSR count). The standard InChI is InChI=1S/C19H30FN3O/c1-19(2,3)7-8-21-15-16-5-4-6-17(20)18(16)22-9-10-23-11-13-24-14-12-23/h4-6,15,22H,7-14H2,1-3H3/b21-15+. The molecule has 0 spiro atoms. The van der Waals surface area contributed by atoms with Gasteiger partial charge in [0, 0.05) is 44.5 Å². The topological polar surface area (TPSA) is 36.9 Å². The fourth-order valence-corrected chi connectivity index (χ4v) is 2.56. The molecule has 4 nitrogen and oxygen atoms in total. The molecule has 0 radical (unpaired) electrons. The Morgan fingerprint density at radius 3 is 2.75 bits per heavy atom. The maximum absolute atomic E-state index is 14.2. The summed E-state index contributed by atoms with van der Waals surface area (Å²) in [4.78, 5) is 6.80. The van der Waals surface area contributed by atoms with Gasteiger partial charge in [-0.25, -0.2) is 4.39 Å². The molecular weight excluding hydrogens is 305 g/mol. The predicted molar refractivity (Wildman–Crippen MR) is 98.7 cm³/mol. The number of morpholine rings is 1. The van der Waals surface area contributed by atoms with E-state index in [4.69, 9.17) is 4.74 Å². The SMILES string of the molecule is CC(C)(C)CC/N=C/c1cccc(F)c1NCCN1CCOCC1. The molecule has 24 heavy (non-hydrogen) atoms. The Balaban J connectivity index is 1.89. The lowest BCUT2D eigenvalue weighted by Gasteiger charge is -2.26. The molecule has 1 aliphatic heterocycles. The molecule has 1 N–H and O–H groups in total. The van der Waals surface area contributed by atoms with E-state index in [0.29, 0.717) is 12.2 Å². The van der Waals surface area contributed by atoms with Crippen molar-refractivity contribution in [2.24, 2.45) is 10.4 Å². The summed E-state index contributed by atoms with van der Waals surface area (Å²) in [6.07, 6.45) is 2.80. The summed E-state index contributed by atoms with van der Waals surface area (Å²) < 4.78 is 19.5. The van der Waals surface area contributed by atoms with E-state index < -0.39 is 0 Å². The van der Waals surface area contributed by atoms with Crippen molar-refractivity contribution >= 4 is 11.9 Å². The van der Waals surface area contributed by atoms with E-state index in [1.807, 2.05) is 6.07 Å².